The minimum Gasteiger partial charge on any atom is -0.258 e. The summed E-state index contributed by atoms with van der Waals surface area (Å²) < 4.78 is 0. The second kappa shape index (κ2) is 7.24. The molecule has 2 aromatic rings. The van der Waals surface area contributed by atoms with E-state index in [1.807, 2.05) is 12.1 Å². The van der Waals surface area contributed by atoms with Crippen molar-refractivity contribution in [3.63, 3.8) is 0 Å². The van der Waals surface area contributed by atoms with Gasteiger partial charge in [0.05, 0.1) is 4.92 Å². The Morgan fingerprint density at radius 2 is 1.70 bits per heavy atom. The first-order valence-corrected chi connectivity index (χ1v) is 6.70. The summed E-state index contributed by atoms with van der Waals surface area (Å²) >= 11 is 0. The molecule has 0 aliphatic heterocycles. The molecule has 0 spiro atoms. The van der Waals surface area contributed by atoms with E-state index in [-0.39, 0.29) is 10.6 Å². The predicted molar refractivity (Wildman–Crippen MR) is 81.5 cm³/mol. The van der Waals surface area contributed by atoms with E-state index in [2.05, 4.69) is 30.3 Å². The molecule has 3 heteroatoms. The van der Waals surface area contributed by atoms with Gasteiger partial charge >= 0.3 is 0 Å². The highest BCUT2D eigenvalue weighted by atomic mass is 16.6. The van der Waals surface area contributed by atoms with Crippen LogP contribution < -0.4 is 0 Å². The first-order valence-electron chi connectivity index (χ1n) is 6.70. The van der Waals surface area contributed by atoms with Crippen LogP contribution in [0.15, 0.2) is 60.7 Å². The minimum atomic E-state index is -0.382. The van der Waals surface area contributed by atoms with Crippen molar-refractivity contribution in [2.75, 3.05) is 0 Å². The number of nitro groups is 1. The molecular weight excluding hydrogens is 250 g/mol. The molecule has 0 aromatic heterocycles. The minimum absolute atomic E-state index is 0.131. The van der Waals surface area contributed by atoms with Gasteiger partial charge in [0.2, 0.25) is 0 Å². The fourth-order valence-electron chi connectivity index (χ4n) is 2.00. The summed E-state index contributed by atoms with van der Waals surface area (Å²) in [5.74, 6) is 0. The molecule has 0 bridgehead atoms. The third-order valence-electron chi connectivity index (χ3n) is 3.09. The molecule has 2 rings (SSSR count). The summed E-state index contributed by atoms with van der Waals surface area (Å²) in [6.07, 6.45) is 7.31. The maximum Gasteiger partial charge on any atom is 0.269 e. The molecule has 0 radical (unpaired) electrons. The monoisotopic (exact) mass is 267 g/mol. The van der Waals surface area contributed by atoms with E-state index in [1.165, 1.54) is 17.7 Å². The van der Waals surface area contributed by atoms with Crippen molar-refractivity contribution >= 4 is 11.8 Å². The summed E-state index contributed by atoms with van der Waals surface area (Å²) in [4.78, 5) is 10.2. The lowest BCUT2D eigenvalue weighted by molar-refractivity contribution is -0.384. The predicted octanol–water partition coefficient (Wildman–Crippen LogP) is 4.63. The van der Waals surface area contributed by atoms with Gasteiger partial charge in [-0.25, -0.2) is 0 Å². The van der Waals surface area contributed by atoms with E-state index < -0.39 is 0 Å². The number of rotatable bonds is 6. The Labute approximate surface area is 118 Å². The van der Waals surface area contributed by atoms with Gasteiger partial charge in [-0.1, -0.05) is 42.5 Å². The molecule has 102 valence electrons. The van der Waals surface area contributed by atoms with Crippen LogP contribution >= 0.6 is 0 Å². The van der Waals surface area contributed by atoms with Crippen LogP contribution in [-0.2, 0) is 6.42 Å². The normalized spacial score (nSPS) is 10.8. The summed E-state index contributed by atoms with van der Waals surface area (Å²) in [6.45, 7) is 0. The largest absolute Gasteiger partial charge is 0.269 e. The Hall–Kier alpha value is -2.42. The van der Waals surface area contributed by atoms with Crippen molar-refractivity contribution in [2.24, 2.45) is 0 Å². The number of nitro benzene ring substituents is 1. The highest BCUT2D eigenvalue weighted by Crippen LogP contribution is 2.13. The summed E-state index contributed by atoms with van der Waals surface area (Å²) in [5.41, 5.74) is 2.48. The lowest BCUT2D eigenvalue weighted by Gasteiger charge is -1.98. The zero-order valence-corrected chi connectivity index (χ0v) is 11.2. The second-order valence-electron chi connectivity index (χ2n) is 4.63. The van der Waals surface area contributed by atoms with Crippen LogP contribution in [0.4, 0.5) is 5.69 Å². The van der Waals surface area contributed by atoms with Gasteiger partial charge in [0.15, 0.2) is 0 Å². The van der Waals surface area contributed by atoms with Gasteiger partial charge < -0.3 is 0 Å². The zero-order valence-electron chi connectivity index (χ0n) is 11.2. The van der Waals surface area contributed by atoms with Crippen LogP contribution in [0, 0.1) is 10.1 Å². The average molecular weight is 267 g/mol. The summed E-state index contributed by atoms with van der Waals surface area (Å²) in [5, 5.41) is 10.5. The second-order valence-corrected chi connectivity index (χ2v) is 4.63. The molecule has 3 nitrogen and oxygen atoms in total. The first kappa shape index (κ1) is 14.0. The quantitative estimate of drug-likeness (QED) is 0.435. The Morgan fingerprint density at radius 3 is 2.35 bits per heavy atom. The van der Waals surface area contributed by atoms with Crippen molar-refractivity contribution in [3.05, 3.63) is 81.9 Å². The van der Waals surface area contributed by atoms with Crippen molar-refractivity contribution in [1.82, 2.24) is 0 Å². The van der Waals surface area contributed by atoms with E-state index in [0.29, 0.717) is 0 Å². The number of aryl methyl sites for hydroxylation is 1. The third kappa shape index (κ3) is 4.35. The number of nitrogens with zero attached hydrogens (tertiary/aromatic N) is 1. The standard InChI is InChI=1S/C17H17NO2/c19-18(20)17-13-11-16(12-14-17)10-6-2-5-9-15-7-3-1-4-8-15/h1,3-4,6-8,10-14H,2,5,9H2/b10-6+. The Bertz CT molecular complexity index is 574. The van der Waals surface area contributed by atoms with Gasteiger partial charge in [0.1, 0.15) is 0 Å². The molecule has 2 aromatic carbocycles. The maximum absolute atomic E-state index is 10.5. The Balaban J connectivity index is 1.77. The molecule has 0 fully saturated rings. The number of hydrogen-bond donors (Lipinski definition) is 0. The van der Waals surface area contributed by atoms with Gasteiger partial charge in [-0.2, -0.15) is 0 Å². The van der Waals surface area contributed by atoms with Gasteiger partial charge in [-0.3, -0.25) is 10.1 Å². The molecule has 0 aliphatic carbocycles. The van der Waals surface area contributed by atoms with Crippen LogP contribution in [0.25, 0.3) is 6.08 Å². The smallest absolute Gasteiger partial charge is 0.258 e. The number of allylic oxidation sites excluding steroid dienone is 1. The van der Waals surface area contributed by atoms with Crippen LogP contribution in [-0.4, -0.2) is 4.92 Å². The van der Waals surface area contributed by atoms with Crippen molar-refractivity contribution in [2.45, 2.75) is 19.3 Å². The maximum atomic E-state index is 10.5. The molecule has 0 amide bonds. The van der Waals surface area contributed by atoms with Crippen LogP contribution in [0.3, 0.4) is 0 Å². The number of unbranched alkanes of at least 4 members (excludes halogenated alkanes) is 1. The van der Waals surface area contributed by atoms with Crippen LogP contribution in [0.5, 0.6) is 0 Å². The summed E-state index contributed by atoms with van der Waals surface area (Å²) in [6, 6.07) is 17.0. The Morgan fingerprint density at radius 1 is 1.00 bits per heavy atom. The Kier molecular flexibility index (Phi) is 5.07. The van der Waals surface area contributed by atoms with Crippen LogP contribution in [0.2, 0.25) is 0 Å². The zero-order chi connectivity index (χ0) is 14.2. The lowest BCUT2D eigenvalue weighted by atomic mass is 10.1. The van der Waals surface area contributed by atoms with Crippen molar-refractivity contribution in [3.8, 4) is 0 Å². The molecule has 0 N–H and O–H groups in total. The number of hydrogen-bond acceptors (Lipinski definition) is 2. The van der Waals surface area contributed by atoms with E-state index in [4.69, 9.17) is 0 Å². The van der Waals surface area contributed by atoms with Crippen molar-refractivity contribution in [1.29, 1.82) is 0 Å². The van der Waals surface area contributed by atoms with Gasteiger partial charge in [0, 0.05) is 12.1 Å². The molecule has 20 heavy (non-hydrogen) atoms. The highest BCUT2D eigenvalue weighted by Gasteiger charge is 2.01. The van der Waals surface area contributed by atoms with Crippen LogP contribution in [0.1, 0.15) is 24.0 Å². The first-order chi connectivity index (χ1) is 9.75. The average Bonchev–Trinajstić information content (AvgIpc) is 2.48. The topological polar surface area (TPSA) is 43.1 Å². The fraction of sp³-hybridized carbons (Fsp3) is 0.176. The fourth-order valence-corrected chi connectivity index (χ4v) is 2.00. The van der Waals surface area contributed by atoms with E-state index in [0.717, 1.165) is 24.8 Å². The molecule has 0 unspecified atom stereocenters. The third-order valence-corrected chi connectivity index (χ3v) is 3.09. The molecule has 0 aliphatic rings. The van der Waals surface area contributed by atoms with E-state index in [1.54, 1.807) is 12.1 Å². The molecule has 0 heterocycles. The van der Waals surface area contributed by atoms with Gasteiger partial charge in [0.25, 0.3) is 5.69 Å². The van der Waals surface area contributed by atoms with Crippen molar-refractivity contribution < 1.29 is 4.92 Å². The highest BCUT2D eigenvalue weighted by molar-refractivity contribution is 5.51. The molecular formula is C17H17NO2. The lowest BCUT2D eigenvalue weighted by Crippen LogP contribution is -1.86. The SMILES string of the molecule is O=[N+]([O-])c1ccc(/C=C/CCCc2ccccc2)cc1. The molecule has 0 atom stereocenters. The molecule has 0 saturated carbocycles. The molecule has 0 saturated heterocycles. The number of benzene rings is 2. The van der Waals surface area contributed by atoms with Gasteiger partial charge in [-0.15, -0.1) is 0 Å². The number of non-ortho nitro benzene ring substituents is 1. The van der Waals surface area contributed by atoms with E-state index >= 15 is 0 Å². The van der Waals surface area contributed by atoms with Gasteiger partial charge in [-0.05, 0) is 42.5 Å². The van der Waals surface area contributed by atoms with E-state index in [9.17, 15) is 10.1 Å². The summed E-state index contributed by atoms with van der Waals surface area (Å²) in [7, 11) is 0.